The molecule has 2 rings (SSSR count). The Bertz CT molecular complexity index is 576. The number of rotatable bonds is 6. The van der Waals surface area contributed by atoms with Gasteiger partial charge in [0.05, 0.1) is 12.2 Å². The van der Waals surface area contributed by atoms with E-state index < -0.39 is 5.97 Å². The molecule has 0 aliphatic rings. The highest BCUT2D eigenvalue weighted by Gasteiger charge is 2.08. The first-order valence-corrected chi connectivity index (χ1v) is 7.27. The van der Waals surface area contributed by atoms with Gasteiger partial charge in [0, 0.05) is 5.02 Å². The molecule has 0 atom stereocenters. The maximum Gasteiger partial charge on any atom is 0.343 e. The lowest BCUT2D eigenvalue weighted by Gasteiger charge is -2.07. The highest BCUT2D eigenvalue weighted by molar-refractivity contribution is 6.30. The van der Waals surface area contributed by atoms with E-state index in [4.69, 9.17) is 21.1 Å². The van der Waals surface area contributed by atoms with Gasteiger partial charge in [0.2, 0.25) is 0 Å². The molecule has 0 aliphatic heterocycles. The molecule has 4 heteroatoms. The van der Waals surface area contributed by atoms with Crippen LogP contribution in [0.5, 0.6) is 11.5 Å². The number of unbranched alkanes of at least 4 members (excludes halogenated alkanes) is 1. The second kappa shape index (κ2) is 7.70. The van der Waals surface area contributed by atoms with Crippen molar-refractivity contribution in [2.45, 2.75) is 19.8 Å². The minimum absolute atomic E-state index is 0.411. The molecule has 21 heavy (non-hydrogen) atoms. The third-order valence-electron chi connectivity index (χ3n) is 2.88. The second-order valence-corrected chi connectivity index (χ2v) is 5.01. The summed E-state index contributed by atoms with van der Waals surface area (Å²) in [6.45, 7) is 2.81. The summed E-state index contributed by atoms with van der Waals surface area (Å²) < 4.78 is 10.8. The molecule has 0 bridgehead atoms. The van der Waals surface area contributed by atoms with Crippen molar-refractivity contribution in [1.29, 1.82) is 0 Å². The van der Waals surface area contributed by atoms with E-state index in [-0.39, 0.29) is 0 Å². The quantitative estimate of drug-likeness (QED) is 0.439. The molecule has 0 saturated heterocycles. The van der Waals surface area contributed by atoms with Gasteiger partial charge in [0.15, 0.2) is 0 Å². The number of halogens is 1. The molecule has 0 amide bonds. The van der Waals surface area contributed by atoms with Gasteiger partial charge in [-0.2, -0.15) is 0 Å². The molecule has 0 aromatic heterocycles. The van der Waals surface area contributed by atoms with Crippen LogP contribution in [0.3, 0.4) is 0 Å². The highest BCUT2D eigenvalue weighted by atomic mass is 35.5. The minimum atomic E-state index is -0.411. The monoisotopic (exact) mass is 304 g/mol. The molecule has 0 fully saturated rings. The number of carbonyl (C=O) groups is 1. The lowest BCUT2D eigenvalue weighted by atomic mass is 10.2. The first kappa shape index (κ1) is 15.4. The van der Waals surface area contributed by atoms with Gasteiger partial charge in [-0.05, 0) is 55.0 Å². The normalized spacial score (nSPS) is 10.2. The zero-order valence-corrected chi connectivity index (χ0v) is 12.6. The van der Waals surface area contributed by atoms with E-state index in [0.29, 0.717) is 22.9 Å². The topological polar surface area (TPSA) is 35.5 Å². The summed E-state index contributed by atoms with van der Waals surface area (Å²) in [4.78, 5) is 11.9. The molecular weight excluding hydrogens is 288 g/mol. The van der Waals surface area contributed by atoms with E-state index in [9.17, 15) is 4.79 Å². The predicted octanol–water partition coefficient (Wildman–Crippen LogP) is 4.74. The fraction of sp³-hybridized carbons (Fsp3) is 0.235. The molecule has 0 N–H and O–H groups in total. The van der Waals surface area contributed by atoms with E-state index in [2.05, 4.69) is 6.92 Å². The Labute approximate surface area is 129 Å². The molecular formula is C17H17ClO3. The zero-order valence-electron chi connectivity index (χ0n) is 11.8. The number of hydrogen-bond acceptors (Lipinski definition) is 3. The lowest BCUT2D eigenvalue weighted by Crippen LogP contribution is -2.08. The van der Waals surface area contributed by atoms with Crippen LogP contribution in [0.25, 0.3) is 0 Å². The van der Waals surface area contributed by atoms with E-state index in [1.54, 1.807) is 48.5 Å². The predicted molar refractivity (Wildman–Crippen MR) is 83.3 cm³/mol. The van der Waals surface area contributed by atoms with Gasteiger partial charge in [-0.15, -0.1) is 0 Å². The number of hydrogen-bond donors (Lipinski definition) is 0. The van der Waals surface area contributed by atoms with Gasteiger partial charge >= 0.3 is 5.97 Å². The summed E-state index contributed by atoms with van der Waals surface area (Å²) in [5, 5.41) is 0.583. The van der Waals surface area contributed by atoms with Crippen LogP contribution >= 0.6 is 11.6 Å². The van der Waals surface area contributed by atoms with Crippen LogP contribution in [0.15, 0.2) is 48.5 Å². The summed E-state index contributed by atoms with van der Waals surface area (Å²) in [5.74, 6) is 0.846. The molecule has 2 aromatic rings. The largest absolute Gasteiger partial charge is 0.494 e. The van der Waals surface area contributed by atoms with E-state index >= 15 is 0 Å². The molecule has 2 aromatic carbocycles. The molecule has 0 saturated carbocycles. The number of benzene rings is 2. The second-order valence-electron chi connectivity index (χ2n) is 4.57. The Morgan fingerprint density at radius 3 is 2.24 bits per heavy atom. The van der Waals surface area contributed by atoms with Crippen molar-refractivity contribution in [3.63, 3.8) is 0 Å². The molecule has 0 spiro atoms. The van der Waals surface area contributed by atoms with Gasteiger partial charge in [0.25, 0.3) is 0 Å². The maximum atomic E-state index is 11.9. The number of ether oxygens (including phenoxy) is 2. The fourth-order valence-corrected chi connectivity index (χ4v) is 1.82. The summed E-state index contributed by atoms with van der Waals surface area (Å²) in [6.07, 6.45) is 2.12. The first-order chi connectivity index (χ1) is 10.2. The van der Waals surface area contributed by atoms with Crippen molar-refractivity contribution in [1.82, 2.24) is 0 Å². The Balaban J connectivity index is 1.93. The lowest BCUT2D eigenvalue weighted by molar-refractivity contribution is 0.0734. The van der Waals surface area contributed by atoms with Crippen molar-refractivity contribution >= 4 is 17.6 Å². The van der Waals surface area contributed by atoms with Crippen LogP contribution in [-0.4, -0.2) is 12.6 Å². The van der Waals surface area contributed by atoms with Gasteiger partial charge in [-0.1, -0.05) is 24.9 Å². The van der Waals surface area contributed by atoms with Gasteiger partial charge in [-0.25, -0.2) is 4.79 Å². The zero-order chi connectivity index (χ0) is 15.1. The van der Waals surface area contributed by atoms with Crippen LogP contribution in [0.1, 0.15) is 30.1 Å². The average molecular weight is 305 g/mol. The van der Waals surface area contributed by atoms with Crippen LogP contribution in [-0.2, 0) is 0 Å². The minimum Gasteiger partial charge on any atom is -0.494 e. The Hall–Kier alpha value is -2.00. The molecule has 0 heterocycles. The van der Waals surface area contributed by atoms with Crippen molar-refractivity contribution in [3.05, 3.63) is 59.1 Å². The van der Waals surface area contributed by atoms with Crippen LogP contribution in [0, 0.1) is 0 Å². The van der Waals surface area contributed by atoms with E-state index in [0.717, 1.165) is 18.6 Å². The Morgan fingerprint density at radius 2 is 1.62 bits per heavy atom. The molecule has 110 valence electrons. The number of esters is 1. The smallest absolute Gasteiger partial charge is 0.343 e. The van der Waals surface area contributed by atoms with Crippen LogP contribution in [0.4, 0.5) is 0 Å². The third-order valence-corrected chi connectivity index (χ3v) is 3.13. The molecule has 0 aliphatic carbocycles. The Kier molecular flexibility index (Phi) is 5.64. The van der Waals surface area contributed by atoms with Gasteiger partial charge < -0.3 is 9.47 Å². The highest BCUT2D eigenvalue weighted by Crippen LogP contribution is 2.19. The third kappa shape index (κ3) is 4.80. The molecule has 3 nitrogen and oxygen atoms in total. The maximum absolute atomic E-state index is 11.9. The SMILES string of the molecule is CCCCOc1ccc(OC(=O)c2ccc(Cl)cc2)cc1. The van der Waals surface area contributed by atoms with Crippen molar-refractivity contribution in [2.75, 3.05) is 6.61 Å². The van der Waals surface area contributed by atoms with Crippen LogP contribution < -0.4 is 9.47 Å². The van der Waals surface area contributed by atoms with Crippen molar-refractivity contribution in [2.24, 2.45) is 0 Å². The number of carbonyl (C=O) groups excluding carboxylic acids is 1. The Morgan fingerprint density at radius 1 is 1.00 bits per heavy atom. The summed E-state index contributed by atoms with van der Waals surface area (Å²) in [6, 6.07) is 13.6. The molecule has 0 radical (unpaired) electrons. The van der Waals surface area contributed by atoms with Crippen molar-refractivity contribution < 1.29 is 14.3 Å². The standard InChI is InChI=1S/C17H17ClO3/c1-2-3-12-20-15-8-10-16(11-9-15)21-17(19)13-4-6-14(18)7-5-13/h4-11H,2-3,12H2,1H3. The van der Waals surface area contributed by atoms with Crippen LogP contribution in [0.2, 0.25) is 5.02 Å². The summed E-state index contributed by atoms with van der Waals surface area (Å²) in [7, 11) is 0. The summed E-state index contributed by atoms with van der Waals surface area (Å²) in [5.41, 5.74) is 0.461. The van der Waals surface area contributed by atoms with Gasteiger partial charge in [0.1, 0.15) is 11.5 Å². The average Bonchev–Trinajstić information content (AvgIpc) is 2.50. The first-order valence-electron chi connectivity index (χ1n) is 6.89. The van der Waals surface area contributed by atoms with E-state index in [1.807, 2.05) is 0 Å². The molecule has 0 unspecified atom stereocenters. The van der Waals surface area contributed by atoms with Crippen molar-refractivity contribution in [3.8, 4) is 11.5 Å². The summed E-state index contributed by atoms with van der Waals surface area (Å²) >= 11 is 5.78. The van der Waals surface area contributed by atoms with E-state index in [1.165, 1.54) is 0 Å². The van der Waals surface area contributed by atoms with Gasteiger partial charge in [-0.3, -0.25) is 0 Å². The fourth-order valence-electron chi connectivity index (χ4n) is 1.69.